The highest BCUT2D eigenvalue weighted by molar-refractivity contribution is 14.1. The highest BCUT2D eigenvalue weighted by atomic mass is 127. The number of aromatic hydroxyl groups is 2. The van der Waals surface area contributed by atoms with Gasteiger partial charge < -0.3 is 15.5 Å². The van der Waals surface area contributed by atoms with E-state index < -0.39 is 11.7 Å². The van der Waals surface area contributed by atoms with Gasteiger partial charge in [0.25, 0.3) is 5.91 Å². The molecule has 0 aliphatic carbocycles. The zero-order valence-corrected chi connectivity index (χ0v) is 11.7. The van der Waals surface area contributed by atoms with Crippen LogP contribution in [-0.4, -0.2) is 16.1 Å². The van der Waals surface area contributed by atoms with Gasteiger partial charge in [-0.1, -0.05) is 0 Å². The first-order valence-electron chi connectivity index (χ1n) is 5.26. The molecule has 0 saturated carbocycles. The van der Waals surface area contributed by atoms with Crippen LogP contribution >= 0.6 is 22.6 Å². The van der Waals surface area contributed by atoms with Crippen LogP contribution in [0.1, 0.15) is 10.4 Å². The summed E-state index contributed by atoms with van der Waals surface area (Å²) in [7, 11) is 0. The molecule has 3 N–H and O–H groups in total. The smallest absolute Gasteiger partial charge is 0.259 e. The largest absolute Gasteiger partial charge is 0.508 e. The normalized spacial score (nSPS) is 10.2. The fourth-order valence-corrected chi connectivity index (χ4v) is 2.10. The summed E-state index contributed by atoms with van der Waals surface area (Å²) in [6.45, 7) is 0. The molecular weight excluding hydrogens is 364 g/mol. The number of hydrogen-bond donors (Lipinski definition) is 3. The Kier molecular flexibility index (Phi) is 3.89. The van der Waals surface area contributed by atoms with Crippen molar-refractivity contribution >= 4 is 34.2 Å². The second-order valence-electron chi connectivity index (χ2n) is 3.78. The first kappa shape index (κ1) is 13.6. The van der Waals surface area contributed by atoms with Crippen LogP contribution in [0.3, 0.4) is 0 Å². The molecule has 0 saturated heterocycles. The molecular formula is C13H9FINO3. The van der Waals surface area contributed by atoms with E-state index in [1.54, 1.807) is 0 Å². The lowest BCUT2D eigenvalue weighted by Crippen LogP contribution is -2.13. The topological polar surface area (TPSA) is 69.6 Å². The number of nitrogens with one attached hydrogen (secondary N) is 1. The minimum absolute atomic E-state index is 0.0259. The van der Waals surface area contributed by atoms with Crippen LogP contribution in [0.25, 0.3) is 0 Å². The van der Waals surface area contributed by atoms with Gasteiger partial charge in [0, 0.05) is 9.64 Å². The lowest BCUT2D eigenvalue weighted by Gasteiger charge is -2.08. The Labute approximate surface area is 122 Å². The molecule has 98 valence electrons. The van der Waals surface area contributed by atoms with Crippen molar-refractivity contribution in [3.63, 3.8) is 0 Å². The van der Waals surface area contributed by atoms with Gasteiger partial charge in [0.1, 0.15) is 17.3 Å². The number of rotatable bonds is 2. The zero-order valence-electron chi connectivity index (χ0n) is 9.52. The molecule has 0 bridgehead atoms. The molecule has 0 unspecified atom stereocenters. The maximum atomic E-state index is 12.9. The van der Waals surface area contributed by atoms with E-state index in [4.69, 9.17) is 5.11 Å². The predicted molar refractivity (Wildman–Crippen MR) is 76.8 cm³/mol. The third kappa shape index (κ3) is 3.14. The maximum absolute atomic E-state index is 12.9. The van der Waals surface area contributed by atoms with Gasteiger partial charge in [-0.2, -0.15) is 0 Å². The van der Waals surface area contributed by atoms with Crippen LogP contribution in [0.15, 0.2) is 36.4 Å². The Hall–Kier alpha value is -1.83. The molecule has 2 aromatic rings. The zero-order chi connectivity index (χ0) is 14.0. The summed E-state index contributed by atoms with van der Waals surface area (Å²) >= 11 is 1.90. The first-order valence-corrected chi connectivity index (χ1v) is 6.33. The lowest BCUT2D eigenvalue weighted by molar-refractivity contribution is 0.102. The Morgan fingerprint density at radius 1 is 1.16 bits per heavy atom. The van der Waals surface area contributed by atoms with Gasteiger partial charge >= 0.3 is 0 Å². The molecule has 0 fully saturated rings. The standard InChI is InChI=1S/C13H9FINO3/c14-7-1-4-11(10(15)5-7)16-13(19)9-3-2-8(17)6-12(9)18/h1-6,17-18H,(H,16,19). The third-order valence-corrected chi connectivity index (χ3v) is 3.30. The minimum Gasteiger partial charge on any atom is -0.508 e. The van der Waals surface area contributed by atoms with Crippen LogP contribution in [0.2, 0.25) is 0 Å². The van der Waals surface area contributed by atoms with E-state index in [1.807, 2.05) is 22.6 Å². The van der Waals surface area contributed by atoms with Crippen molar-refractivity contribution in [3.8, 4) is 11.5 Å². The number of halogens is 2. The maximum Gasteiger partial charge on any atom is 0.259 e. The average Bonchev–Trinajstić information content (AvgIpc) is 2.32. The molecule has 0 heterocycles. The van der Waals surface area contributed by atoms with Gasteiger partial charge in [-0.15, -0.1) is 0 Å². The van der Waals surface area contributed by atoms with Gasteiger partial charge in [-0.3, -0.25) is 4.79 Å². The van der Waals surface area contributed by atoms with Crippen molar-refractivity contribution < 1.29 is 19.4 Å². The molecule has 0 radical (unpaired) electrons. The minimum atomic E-state index is -0.540. The molecule has 0 spiro atoms. The average molecular weight is 373 g/mol. The number of phenolic OH excluding ortho intramolecular Hbond substituents is 2. The Morgan fingerprint density at radius 2 is 1.89 bits per heavy atom. The van der Waals surface area contributed by atoms with E-state index >= 15 is 0 Å². The molecule has 19 heavy (non-hydrogen) atoms. The molecule has 0 aliphatic rings. The molecule has 1 amide bonds. The summed E-state index contributed by atoms with van der Waals surface area (Å²) in [5, 5.41) is 21.3. The summed E-state index contributed by atoms with van der Waals surface area (Å²) in [5.41, 5.74) is 0.470. The van der Waals surface area contributed by atoms with E-state index in [0.29, 0.717) is 9.26 Å². The van der Waals surface area contributed by atoms with Crippen LogP contribution in [0.4, 0.5) is 10.1 Å². The summed E-state index contributed by atoms with van der Waals surface area (Å²) in [4.78, 5) is 11.9. The monoisotopic (exact) mass is 373 g/mol. The van der Waals surface area contributed by atoms with Crippen LogP contribution in [0.5, 0.6) is 11.5 Å². The molecule has 6 heteroatoms. The number of anilines is 1. The SMILES string of the molecule is O=C(Nc1ccc(F)cc1I)c1ccc(O)cc1O. The predicted octanol–water partition coefficient (Wildman–Crippen LogP) is 3.09. The van der Waals surface area contributed by atoms with Crippen molar-refractivity contribution in [2.45, 2.75) is 0 Å². The summed E-state index contributed by atoms with van der Waals surface area (Å²) in [6, 6.07) is 7.62. The van der Waals surface area contributed by atoms with Gasteiger partial charge in [-0.05, 0) is 52.9 Å². The third-order valence-electron chi connectivity index (χ3n) is 2.41. The number of phenols is 2. The molecule has 4 nitrogen and oxygen atoms in total. The molecule has 2 aromatic carbocycles. The van der Waals surface area contributed by atoms with Gasteiger partial charge in [0.05, 0.1) is 11.3 Å². The van der Waals surface area contributed by atoms with Crippen molar-refractivity contribution in [1.82, 2.24) is 0 Å². The summed E-state index contributed by atoms with van der Waals surface area (Å²) in [6.07, 6.45) is 0. The van der Waals surface area contributed by atoms with E-state index in [0.717, 1.165) is 6.07 Å². The van der Waals surface area contributed by atoms with E-state index in [9.17, 15) is 14.3 Å². The van der Waals surface area contributed by atoms with Gasteiger partial charge in [0.2, 0.25) is 0 Å². The number of carbonyl (C=O) groups is 1. The van der Waals surface area contributed by atoms with E-state index in [2.05, 4.69) is 5.32 Å². The first-order chi connectivity index (χ1) is 8.97. The fraction of sp³-hybridized carbons (Fsp3) is 0. The van der Waals surface area contributed by atoms with Gasteiger partial charge in [-0.25, -0.2) is 4.39 Å². The number of carbonyl (C=O) groups excluding carboxylic acids is 1. The Balaban J connectivity index is 2.25. The van der Waals surface area contributed by atoms with Crippen molar-refractivity contribution in [2.24, 2.45) is 0 Å². The van der Waals surface area contributed by atoms with Crippen molar-refractivity contribution in [2.75, 3.05) is 5.32 Å². The molecule has 0 aromatic heterocycles. The summed E-state index contributed by atoms with van der Waals surface area (Å²) in [5.74, 6) is -1.39. The second kappa shape index (κ2) is 5.43. The molecule has 2 rings (SSSR count). The Bertz CT molecular complexity index is 646. The van der Waals surface area contributed by atoms with Crippen LogP contribution in [-0.2, 0) is 0 Å². The van der Waals surface area contributed by atoms with Gasteiger partial charge in [0.15, 0.2) is 0 Å². The van der Waals surface area contributed by atoms with Crippen LogP contribution < -0.4 is 5.32 Å². The number of amides is 1. The fourth-order valence-electron chi connectivity index (χ4n) is 1.49. The Morgan fingerprint density at radius 3 is 2.53 bits per heavy atom. The highest BCUT2D eigenvalue weighted by Crippen LogP contribution is 2.25. The van der Waals surface area contributed by atoms with Crippen molar-refractivity contribution in [3.05, 3.63) is 51.3 Å². The number of hydrogen-bond acceptors (Lipinski definition) is 3. The second-order valence-corrected chi connectivity index (χ2v) is 4.94. The lowest BCUT2D eigenvalue weighted by atomic mass is 10.1. The molecule has 0 atom stereocenters. The number of benzene rings is 2. The highest BCUT2D eigenvalue weighted by Gasteiger charge is 2.13. The van der Waals surface area contributed by atoms with E-state index in [1.165, 1.54) is 30.3 Å². The summed E-state index contributed by atoms with van der Waals surface area (Å²) < 4.78 is 13.5. The van der Waals surface area contributed by atoms with E-state index in [-0.39, 0.29) is 17.1 Å². The molecule has 0 aliphatic heterocycles. The van der Waals surface area contributed by atoms with Crippen LogP contribution in [0, 0.1) is 9.39 Å². The van der Waals surface area contributed by atoms with Crippen molar-refractivity contribution in [1.29, 1.82) is 0 Å². The quantitative estimate of drug-likeness (QED) is 0.709.